The molecular weight excluding hydrogens is 320 g/mol. The predicted molar refractivity (Wildman–Crippen MR) is 94.6 cm³/mol. The minimum Gasteiger partial charge on any atom is -0.497 e. The number of ether oxygens (including phenoxy) is 2. The summed E-state index contributed by atoms with van der Waals surface area (Å²) in [6.07, 6.45) is 5.66. The first-order chi connectivity index (χ1) is 12.2. The number of amides is 2. The molecule has 2 heterocycles. The van der Waals surface area contributed by atoms with E-state index in [1.807, 2.05) is 35.1 Å². The van der Waals surface area contributed by atoms with Crippen LogP contribution in [0, 0.1) is 5.92 Å². The highest BCUT2D eigenvalue weighted by Gasteiger charge is 2.15. The van der Waals surface area contributed by atoms with Gasteiger partial charge in [-0.05, 0) is 36.5 Å². The number of carbonyl (C=O) groups excluding carboxylic acids is 1. The molecule has 1 aromatic heterocycles. The van der Waals surface area contributed by atoms with E-state index < -0.39 is 0 Å². The highest BCUT2D eigenvalue weighted by Crippen LogP contribution is 2.17. The van der Waals surface area contributed by atoms with Gasteiger partial charge < -0.3 is 20.1 Å². The van der Waals surface area contributed by atoms with E-state index in [0.29, 0.717) is 18.2 Å². The SMILES string of the molecule is COc1ccc(CNC(=O)Nc2cnn(CC3CCOCC3)c2)cc1. The Kier molecular flexibility index (Phi) is 5.90. The van der Waals surface area contributed by atoms with Gasteiger partial charge in [0.1, 0.15) is 5.75 Å². The minimum absolute atomic E-state index is 0.249. The van der Waals surface area contributed by atoms with E-state index in [1.165, 1.54) is 0 Å². The Hall–Kier alpha value is -2.54. The van der Waals surface area contributed by atoms with Gasteiger partial charge in [0.15, 0.2) is 0 Å². The van der Waals surface area contributed by atoms with Gasteiger partial charge in [0.25, 0.3) is 0 Å². The van der Waals surface area contributed by atoms with Gasteiger partial charge in [-0.15, -0.1) is 0 Å². The number of anilines is 1. The molecule has 7 nitrogen and oxygen atoms in total. The van der Waals surface area contributed by atoms with Gasteiger partial charge in [0, 0.05) is 32.5 Å². The first kappa shape index (κ1) is 17.3. The van der Waals surface area contributed by atoms with Crippen molar-refractivity contribution < 1.29 is 14.3 Å². The molecule has 0 spiro atoms. The van der Waals surface area contributed by atoms with Gasteiger partial charge in [-0.2, -0.15) is 5.10 Å². The molecule has 3 rings (SSSR count). The summed E-state index contributed by atoms with van der Waals surface area (Å²) in [5, 5.41) is 9.96. The van der Waals surface area contributed by atoms with Crippen molar-refractivity contribution in [1.82, 2.24) is 15.1 Å². The van der Waals surface area contributed by atoms with Gasteiger partial charge >= 0.3 is 6.03 Å². The molecule has 2 aromatic rings. The number of hydrogen-bond donors (Lipinski definition) is 2. The number of hydrogen-bond acceptors (Lipinski definition) is 4. The second-order valence-corrected chi connectivity index (χ2v) is 6.16. The summed E-state index contributed by atoms with van der Waals surface area (Å²) in [5.41, 5.74) is 1.70. The lowest BCUT2D eigenvalue weighted by atomic mass is 10.0. The number of aromatic nitrogens is 2. The zero-order valence-corrected chi connectivity index (χ0v) is 14.4. The molecule has 7 heteroatoms. The van der Waals surface area contributed by atoms with E-state index in [1.54, 1.807) is 13.3 Å². The minimum atomic E-state index is -0.249. The average molecular weight is 344 g/mol. The zero-order valence-electron chi connectivity index (χ0n) is 14.4. The second-order valence-electron chi connectivity index (χ2n) is 6.16. The van der Waals surface area contributed by atoms with Crippen LogP contribution in [-0.4, -0.2) is 36.1 Å². The van der Waals surface area contributed by atoms with Crippen molar-refractivity contribution >= 4 is 11.7 Å². The Morgan fingerprint density at radius 1 is 1.32 bits per heavy atom. The van der Waals surface area contributed by atoms with E-state index in [9.17, 15) is 4.79 Å². The number of rotatable bonds is 6. The molecular formula is C18H24N4O3. The van der Waals surface area contributed by atoms with Crippen molar-refractivity contribution in [3.8, 4) is 5.75 Å². The van der Waals surface area contributed by atoms with Crippen LogP contribution in [0.15, 0.2) is 36.7 Å². The van der Waals surface area contributed by atoms with Crippen LogP contribution in [0.3, 0.4) is 0 Å². The standard InChI is InChI=1S/C18H24N4O3/c1-24-17-4-2-14(3-5-17)10-19-18(23)21-16-11-20-22(13-16)12-15-6-8-25-9-7-15/h2-5,11,13,15H,6-10,12H2,1H3,(H2,19,21,23). The number of nitrogens with zero attached hydrogens (tertiary/aromatic N) is 2. The smallest absolute Gasteiger partial charge is 0.319 e. The van der Waals surface area contributed by atoms with Crippen LogP contribution >= 0.6 is 0 Å². The number of urea groups is 1. The van der Waals surface area contributed by atoms with Crippen molar-refractivity contribution in [3.63, 3.8) is 0 Å². The Morgan fingerprint density at radius 3 is 2.80 bits per heavy atom. The maximum Gasteiger partial charge on any atom is 0.319 e. The van der Waals surface area contributed by atoms with Crippen LogP contribution in [0.2, 0.25) is 0 Å². The summed E-state index contributed by atoms with van der Waals surface area (Å²) >= 11 is 0. The molecule has 2 N–H and O–H groups in total. The molecule has 1 aliphatic rings. The van der Waals surface area contributed by atoms with Gasteiger partial charge in [0.2, 0.25) is 0 Å². The molecule has 0 bridgehead atoms. The third kappa shape index (κ3) is 5.22. The second kappa shape index (κ2) is 8.53. The van der Waals surface area contributed by atoms with Gasteiger partial charge in [-0.1, -0.05) is 12.1 Å². The summed E-state index contributed by atoms with van der Waals surface area (Å²) in [7, 11) is 1.63. The lowest BCUT2D eigenvalue weighted by Crippen LogP contribution is -2.28. The molecule has 0 atom stereocenters. The zero-order chi connectivity index (χ0) is 17.5. The summed E-state index contributed by atoms with van der Waals surface area (Å²) in [5.74, 6) is 1.38. The first-order valence-electron chi connectivity index (χ1n) is 8.51. The quantitative estimate of drug-likeness (QED) is 0.844. The van der Waals surface area contributed by atoms with Crippen LogP contribution in [-0.2, 0) is 17.8 Å². The van der Waals surface area contributed by atoms with Crippen molar-refractivity contribution in [2.45, 2.75) is 25.9 Å². The average Bonchev–Trinajstić information content (AvgIpc) is 3.08. The molecule has 0 radical (unpaired) electrons. The number of nitrogens with one attached hydrogen (secondary N) is 2. The third-order valence-corrected chi connectivity index (χ3v) is 4.29. The lowest BCUT2D eigenvalue weighted by molar-refractivity contribution is 0.0601. The number of methoxy groups -OCH3 is 1. The Balaban J connectivity index is 1.44. The first-order valence-corrected chi connectivity index (χ1v) is 8.51. The highest BCUT2D eigenvalue weighted by molar-refractivity contribution is 5.88. The molecule has 0 unspecified atom stereocenters. The van der Waals surface area contributed by atoms with Crippen molar-refractivity contribution in [3.05, 3.63) is 42.2 Å². The molecule has 1 aliphatic heterocycles. The molecule has 1 aromatic carbocycles. The molecule has 1 saturated heterocycles. The maximum absolute atomic E-state index is 12.0. The van der Waals surface area contributed by atoms with Crippen LogP contribution in [0.5, 0.6) is 5.75 Å². The van der Waals surface area contributed by atoms with Gasteiger partial charge in [-0.25, -0.2) is 4.79 Å². The van der Waals surface area contributed by atoms with E-state index in [4.69, 9.17) is 9.47 Å². The van der Waals surface area contributed by atoms with Crippen molar-refractivity contribution in [2.75, 3.05) is 25.6 Å². The summed E-state index contributed by atoms with van der Waals surface area (Å²) in [4.78, 5) is 12.0. The van der Waals surface area contributed by atoms with E-state index in [-0.39, 0.29) is 6.03 Å². The summed E-state index contributed by atoms with van der Waals surface area (Å²) in [6.45, 7) is 2.96. The topological polar surface area (TPSA) is 77.4 Å². The number of carbonyl (C=O) groups is 1. The third-order valence-electron chi connectivity index (χ3n) is 4.29. The monoisotopic (exact) mass is 344 g/mol. The lowest BCUT2D eigenvalue weighted by Gasteiger charge is -2.21. The molecule has 134 valence electrons. The Morgan fingerprint density at radius 2 is 2.08 bits per heavy atom. The molecule has 1 fully saturated rings. The largest absolute Gasteiger partial charge is 0.497 e. The maximum atomic E-state index is 12.0. The van der Waals surface area contributed by atoms with Gasteiger partial charge in [0.05, 0.1) is 19.0 Å². The predicted octanol–water partition coefficient (Wildman–Crippen LogP) is 2.64. The van der Waals surface area contributed by atoms with Crippen molar-refractivity contribution in [2.24, 2.45) is 5.92 Å². The summed E-state index contributed by atoms with van der Waals surface area (Å²) < 4.78 is 12.4. The molecule has 0 saturated carbocycles. The van der Waals surface area contributed by atoms with Crippen LogP contribution < -0.4 is 15.4 Å². The van der Waals surface area contributed by atoms with Crippen LogP contribution in [0.25, 0.3) is 0 Å². The highest BCUT2D eigenvalue weighted by atomic mass is 16.5. The molecule has 2 amide bonds. The van der Waals surface area contributed by atoms with Crippen LogP contribution in [0.1, 0.15) is 18.4 Å². The van der Waals surface area contributed by atoms with Gasteiger partial charge in [-0.3, -0.25) is 4.68 Å². The number of benzene rings is 1. The Bertz CT molecular complexity index is 678. The van der Waals surface area contributed by atoms with E-state index in [0.717, 1.165) is 43.9 Å². The fraction of sp³-hybridized carbons (Fsp3) is 0.444. The van der Waals surface area contributed by atoms with E-state index >= 15 is 0 Å². The molecule has 25 heavy (non-hydrogen) atoms. The van der Waals surface area contributed by atoms with Crippen molar-refractivity contribution in [1.29, 1.82) is 0 Å². The fourth-order valence-corrected chi connectivity index (χ4v) is 2.82. The normalized spacial score (nSPS) is 14.9. The summed E-state index contributed by atoms with van der Waals surface area (Å²) in [6, 6.07) is 7.34. The fourth-order valence-electron chi connectivity index (χ4n) is 2.82. The van der Waals surface area contributed by atoms with Crippen LogP contribution in [0.4, 0.5) is 10.5 Å². The molecule has 0 aliphatic carbocycles. The van der Waals surface area contributed by atoms with E-state index in [2.05, 4.69) is 15.7 Å². The Labute approximate surface area is 147 Å².